The Hall–Kier alpha value is -2.38. The number of aryl methyl sites for hydroxylation is 1. The highest BCUT2D eigenvalue weighted by Gasteiger charge is 2.28. The number of halogens is 2. The van der Waals surface area contributed by atoms with E-state index in [9.17, 15) is 9.59 Å². The van der Waals surface area contributed by atoms with E-state index in [-0.39, 0.29) is 17.7 Å². The predicted octanol–water partition coefficient (Wildman–Crippen LogP) is 4.48. The zero-order valence-electron chi connectivity index (χ0n) is 15.9. The van der Waals surface area contributed by atoms with Crippen LogP contribution in [-0.2, 0) is 11.8 Å². The van der Waals surface area contributed by atoms with Crippen LogP contribution in [0.3, 0.4) is 0 Å². The predicted molar refractivity (Wildman–Crippen MR) is 117 cm³/mol. The van der Waals surface area contributed by atoms with Gasteiger partial charge in [0.15, 0.2) is 0 Å². The van der Waals surface area contributed by atoms with Gasteiger partial charge >= 0.3 is 0 Å². The fraction of sp³-hybridized carbons (Fsp3) is 0.286. The monoisotopic (exact) mass is 474 g/mol. The fourth-order valence-electron chi connectivity index (χ4n) is 3.62. The van der Waals surface area contributed by atoms with Crippen molar-refractivity contribution in [1.29, 1.82) is 0 Å². The molecule has 4 rings (SSSR count). The quantitative estimate of drug-likeness (QED) is 0.607. The van der Waals surface area contributed by atoms with E-state index in [1.807, 2.05) is 46.8 Å². The van der Waals surface area contributed by atoms with Crippen molar-refractivity contribution in [3.8, 4) is 0 Å². The molecule has 2 aromatic carbocycles. The number of hydrogen-bond acceptors (Lipinski definition) is 3. The molecule has 0 atom stereocenters. The lowest BCUT2D eigenvalue weighted by atomic mass is 9.95. The topological polar surface area (TPSA) is 67.2 Å². The van der Waals surface area contributed by atoms with Crippen LogP contribution in [0.15, 0.2) is 46.9 Å². The standard InChI is InChI=1S/C21H20BrClN4O2/c1-26-18-7-6-16(23)12-17(18)24-21(26)25-19(28)13-8-10-27(11-9-13)20(29)14-2-4-15(22)5-3-14/h2-7,12-13H,8-11H2,1H3,(H,24,25,28). The number of imidazole rings is 1. The number of amides is 2. The number of fused-ring (bicyclic) bond motifs is 1. The summed E-state index contributed by atoms with van der Waals surface area (Å²) in [4.78, 5) is 31.7. The summed E-state index contributed by atoms with van der Waals surface area (Å²) in [6.07, 6.45) is 1.26. The molecule has 1 fully saturated rings. The molecule has 0 saturated carbocycles. The van der Waals surface area contributed by atoms with Gasteiger partial charge < -0.3 is 9.47 Å². The molecule has 29 heavy (non-hydrogen) atoms. The first kappa shape index (κ1) is 19.9. The Labute approximate surface area is 182 Å². The summed E-state index contributed by atoms with van der Waals surface area (Å²) in [6.45, 7) is 1.12. The third-order valence-corrected chi connectivity index (χ3v) is 6.09. The molecule has 2 heterocycles. The summed E-state index contributed by atoms with van der Waals surface area (Å²) in [5.74, 6) is 0.293. The molecular formula is C21H20BrClN4O2. The van der Waals surface area contributed by atoms with E-state index in [1.165, 1.54) is 0 Å². The number of piperidine rings is 1. The Kier molecular flexibility index (Phi) is 5.61. The molecule has 1 aromatic heterocycles. The molecule has 3 aromatic rings. The number of anilines is 1. The van der Waals surface area contributed by atoms with Gasteiger partial charge in [-0.25, -0.2) is 4.98 Å². The zero-order valence-corrected chi connectivity index (χ0v) is 18.2. The Morgan fingerprint density at radius 1 is 1.14 bits per heavy atom. The van der Waals surface area contributed by atoms with Crippen LogP contribution in [0.5, 0.6) is 0 Å². The molecular weight excluding hydrogens is 456 g/mol. The molecule has 8 heteroatoms. The van der Waals surface area contributed by atoms with E-state index in [1.54, 1.807) is 12.1 Å². The van der Waals surface area contributed by atoms with Crippen LogP contribution in [0.2, 0.25) is 5.02 Å². The molecule has 150 valence electrons. The van der Waals surface area contributed by atoms with Crippen molar-refractivity contribution in [2.24, 2.45) is 13.0 Å². The molecule has 0 radical (unpaired) electrons. The van der Waals surface area contributed by atoms with Gasteiger partial charge in [0.05, 0.1) is 11.0 Å². The summed E-state index contributed by atoms with van der Waals surface area (Å²) in [5, 5.41) is 3.54. The lowest BCUT2D eigenvalue weighted by Gasteiger charge is -2.31. The van der Waals surface area contributed by atoms with Crippen LogP contribution in [0, 0.1) is 5.92 Å². The highest BCUT2D eigenvalue weighted by atomic mass is 79.9. The number of carbonyl (C=O) groups excluding carboxylic acids is 2. The maximum absolute atomic E-state index is 12.7. The number of nitrogens with zero attached hydrogens (tertiary/aromatic N) is 3. The van der Waals surface area contributed by atoms with Gasteiger partial charge in [-0.2, -0.15) is 0 Å². The largest absolute Gasteiger partial charge is 0.339 e. The Bertz CT molecular complexity index is 1070. The number of likely N-dealkylation sites (tertiary alicyclic amines) is 1. The fourth-order valence-corrected chi connectivity index (χ4v) is 4.05. The Balaban J connectivity index is 1.38. The lowest BCUT2D eigenvalue weighted by molar-refractivity contribution is -0.121. The first-order chi connectivity index (χ1) is 13.9. The first-order valence-electron chi connectivity index (χ1n) is 9.40. The molecule has 6 nitrogen and oxygen atoms in total. The van der Waals surface area contributed by atoms with Crippen molar-refractivity contribution in [2.75, 3.05) is 18.4 Å². The van der Waals surface area contributed by atoms with Crippen LogP contribution in [-0.4, -0.2) is 39.4 Å². The van der Waals surface area contributed by atoms with Gasteiger partial charge in [0.25, 0.3) is 5.91 Å². The maximum atomic E-state index is 12.7. The van der Waals surface area contributed by atoms with Gasteiger partial charge in [-0.05, 0) is 55.3 Å². The van der Waals surface area contributed by atoms with Crippen molar-refractivity contribution in [3.05, 3.63) is 57.5 Å². The maximum Gasteiger partial charge on any atom is 0.253 e. The summed E-state index contributed by atoms with van der Waals surface area (Å²) in [7, 11) is 1.86. The van der Waals surface area contributed by atoms with Gasteiger partial charge in [-0.3, -0.25) is 14.9 Å². The van der Waals surface area contributed by atoms with Gasteiger partial charge in [0.1, 0.15) is 0 Å². The Morgan fingerprint density at radius 2 is 1.83 bits per heavy atom. The van der Waals surface area contributed by atoms with E-state index in [2.05, 4.69) is 26.2 Å². The van der Waals surface area contributed by atoms with Crippen molar-refractivity contribution in [3.63, 3.8) is 0 Å². The van der Waals surface area contributed by atoms with E-state index < -0.39 is 0 Å². The smallest absolute Gasteiger partial charge is 0.253 e. The van der Waals surface area contributed by atoms with Crippen molar-refractivity contribution < 1.29 is 9.59 Å². The highest BCUT2D eigenvalue weighted by Crippen LogP contribution is 2.24. The minimum absolute atomic E-state index is 0.00332. The lowest BCUT2D eigenvalue weighted by Crippen LogP contribution is -2.41. The molecule has 0 unspecified atom stereocenters. The number of benzene rings is 2. The van der Waals surface area contributed by atoms with E-state index in [0.717, 1.165) is 15.5 Å². The number of rotatable bonds is 3. The van der Waals surface area contributed by atoms with Crippen LogP contribution in [0.1, 0.15) is 23.2 Å². The first-order valence-corrected chi connectivity index (χ1v) is 10.6. The van der Waals surface area contributed by atoms with Crippen molar-refractivity contribution in [2.45, 2.75) is 12.8 Å². The minimum Gasteiger partial charge on any atom is -0.339 e. The average molecular weight is 476 g/mol. The van der Waals surface area contributed by atoms with Gasteiger partial charge in [0.2, 0.25) is 11.9 Å². The van der Waals surface area contributed by atoms with Crippen LogP contribution in [0.4, 0.5) is 5.95 Å². The molecule has 0 bridgehead atoms. The molecule has 0 aliphatic carbocycles. The van der Waals surface area contributed by atoms with Crippen molar-refractivity contribution >= 4 is 56.3 Å². The third kappa shape index (κ3) is 4.16. The Morgan fingerprint density at radius 3 is 2.52 bits per heavy atom. The highest BCUT2D eigenvalue weighted by molar-refractivity contribution is 9.10. The van der Waals surface area contributed by atoms with Crippen LogP contribution in [0.25, 0.3) is 11.0 Å². The summed E-state index contributed by atoms with van der Waals surface area (Å²) in [5.41, 5.74) is 2.30. The molecule has 1 aliphatic heterocycles. The van der Waals surface area contributed by atoms with Crippen LogP contribution < -0.4 is 5.32 Å². The average Bonchev–Trinajstić information content (AvgIpc) is 3.02. The van der Waals surface area contributed by atoms with E-state index in [4.69, 9.17) is 11.6 Å². The molecule has 0 spiro atoms. The number of aromatic nitrogens is 2. The molecule has 1 saturated heterocycles. The second-order valence-corrected chi connectivity index (χ2v) is 8.54. The SMILES string of the molecule is Cn1c(NC(=O)C2CCN(C(=O)c3ccc(Br)cc3)CC2)nc2cc(Cl)ccc21. The number of nitrogens with one attached hydrogen (secondary N) is 1. The van der Waals surface area contributed by atoms with Gasteiger partial charge in [-0.15, -0.1) is 0 Å². The molecule has 2 amide bonds. The minimum atomic E-state index is -0.146. The summed E-state index contributed by atoms with van der Waals surface area (Å²) in [6, 6.07) is 12.8. The van der Waals surface area contributed by atoms with Gasteiger partial charge in [-0.1, -0.05) is 27.5 Å². The normalized spacial score (nSPS) is 14.9. The second-order valence-electron chi connectivity index (χ2n) is 7.19. The summed E-state index contributed by atoms with van der Waals surface area (Å²) >= 11 is 9.41. The number of hydrogen-bond donors (Lipinski definition) is 1. The van der Waals surface area contributed by atoms with Crippen LogP contribution >= 0.6 is 27.5 Å². The second kappa shape index (κ2) is 8.16. The van der Waals surface area contributed by atoms with Crippen molar-refractivity contribution in [1.82, 2.24) is 14.5 Å². The van der Waals surface area contributed by atoms with E-state index >= 15 is 0 Å². The number of carbonyl (C=O) groups is 2. The molecule has 1 aliphatic rings. The molecule has 1 N–H and O–H groups in total. The zero-order chi connectivity index (χ0) is 20.5. The third-order valence-electron chi connectivity index (χ3n) is 5.32. The summed E-state index contributed by atoms with van der Waals surface area (Å²) < 4.78 is 2.78. The van der Waals surface area contributed by atoms with E-state index in [0.29, 0.717) is 42.5 Å². The van der Waals surface area contributed by atoms with Gasteiger partial charge in [0, 0.05) is 41.1 Å².